The summed E-state index contributed by atoms with van der Waals surface area (Å²) in [4.78, 5) is 23.5. The number of pyridine rings is 1. The first-order valence-corrected chi connectivity index (χ1v) is 6.19. The van der Waals surface area contributed by atoms with Crippen LogP contribution >= 0.6 is 0 Å². The summed E-state index contributed by atoms with van der Waals surface area (Å²) < 4.78 is 8.12. The van der Waals surface area contributed by atoms with Crippen LogP contribution in [-0.4, -0.2) is 9.13 Å². The second-order valence-electron chi connectivity index (χ2n) is 4.48. The molecule has 0 radical (unpaired) electrons. The predicted molar refractivity (Wildman–Crippen MR) is 75.6 cm³/mol. The van der Waals surface area contributed by atoms with E-state index >= 15 is 0 Å². The molecule has 0 amide bonds. The molecule has 1 aromatic carbocycles. The zero-order chi connectivity index (χ0) is 14.1. The third-order valence-corrected chi connectivity index (χ3v) is 3.14. The molecule has 2 aromatic heterocycles. The summed E-state index contributed by atoms with van der Waals surface area (Å²) in [6.45, 7) is 0.701. The van der Waals surface area contributed by atoms with E-state index in [1.807, 2.05) is 12.1 Å². The lowest BCUT2D eigenvalue weighted by atomic mass is 10.3. The van der Waals surface area contributed by atoms with Gasteiger partial charge in [-0.05, 0) is 18.2 Å². The molecule has 20 heavy (non-hydrogen) atoms. The molecule has 2 heterocycles. The van der Waals surface area contributed by atoms with Crippen LogP contribution in [0.15, 0.2) is 56.6 Å². The quantitative estimate of drug-likeness (QED) is 0.771. The first-order chi connectivity index (χ1) is 9.65. The van der Waals surface area contributed by atoms with Gasteiger partial charge in [-0.3, -0.25) is 9.36 Å². The topological polar surface area (TPSA) is 83.2 Å². The molecule has 102 valence electrons. The van der Waals surface area contributed by atoms with Crippen molar-refractivity contribution in [3.05, 3.63) is 63.5 Å². The van der Waals surface area contributed by atoms with Crippen LogP contribution in [0.2, 0.25) is 0 Å². The van der Waals surface area contributed by atoms with Crippen LogP contribution < -0.4 is 17.0 Å². The average Bonchev–Trinajstić information content (AvgIpc) is 2.75. The Morgan fingerprint density at radius 3 is 2.70 bits per heavy atom. The molecule has 2 N–H and O–H groups in total. The monoisotopic (exact) mass is 271 g/mol. The summed E-state index contributed by atoms with van der Waals surface area (Å²) >= 11 is 0. The number of hydrogen-bond donors (Lipinski definition) is 1. The lowest BCUT2D eigenvalue weighted by Crippen LogP contribution is -2.24. The number of anilines is 1. The summed E-state index contributed by atoms with van der Waals surface area (Å²) in [6, 6.07) is 10.1. The van der Waals surface area contributed by atoms with E-state index in [0.717, 1.165) is 5.52 Å². The largest absolute Gasteiger partial charge is 0.420 e. The lowest BCUT2D eigenvalue weighted by molar-refractivity contribution is 0.481. The third kappa shape index (κ3) is 2.11. The number of nitrogens with two attached hydrogens (primary N) is 1. The number of aromatic nitrogens is 2. The summed E-state index contributed by atoms with van der Waals surface area (Å²) in [5.41, 5.74) is 7.26. The van der Waals surface area contributed by atoms with Gasteiger partial charge in [0.15, 0.2) is 5.58 Å². The lowest BCUT2D eigenvalue weighted by Gasteiger charge is -2.06. The van der Waals surface area contributed by atoms with Crippen LogP contribution in [-0.2, 0) is 13.1 Å². The number of rotatable bonds is 3. The van der Waals surface area contributed by atoms with E-state index in [2.05, 4.69) is 0 Å². The highest BCUT2D eigenvalue weighted by molar-refractivity contribution is 5.72. The molecule has 0 aliphatic carbocycles. The zero-order valence-corrected chi connectivity index (χ0v) is 10.7. The van der Waals surface area contributed by atoms with E-state index in [4.69, 9.17) is 10.2 Å². The zero-order valence-electron chi connectivity index (χ0n) is 10.7. The minimum absolute atomic E-state index is 0.153. The molecule has 0 saturated carbocycles. The van der Waals surface area contributed by atoms with Gasteiger partial charge in [0.2, 0.25) is 0 Å². The average molecular weight is 271 g/mol. The molecule has 0 atom stereocenters. The van der Waals surface area contributed by atoms with E-state index in [1.54, 1.807) is 24.4 Å². The molecule has 0 bridgehead atoms. The van der Waals surface area contributed by atoms with Gasteiger partial charge in [0, 0.05) is 31.0 Å². The molecule has 0 aliphatic heterocycles. The van der Waals surface area contributed by atoms with Crippen molar-refractivity contribution in [2.24, 2.45) is 0 Å². The minimum Gasteiger partial charge on any atom is -0.408 e. The highest BCUT2D eigenvalue weighted by Crippen LogP contribution is 2.11. The van der Waals surface area contributed by atoms with Crippen LogP contribution in [0.25, 0.3) is 11.1 Å². The van der Waals surface area contributed by atoms with E-state index in [1.165, 1.54) is 15.2 Å². The van der Waals surface area contributed by atoms with Gasteiger partial charge in [-0.25, -0.2) is 4.79 Å². The van der Waals surface area contributed by atoms with Gasteiger partial charge < -0.3 is 14.7 Å². The molecule has 0 unspecified atom stereocenters. The number of para-hydroxylation sites is 2. The Morgan fingerprint density at radius 2 is 1.85 bits per heavy atom. The predicted octanol–water partition coefficient (Wildman–Crippen LogP) is 1.04. The fourth-order valence-corrected chi connectivity index (χ4v) is 2.16. The molecule has 0 spiro atoms. The fraction of sp³-hybridized carbons (Fsp3) is 0.143. The minimum atomic E-state index is -0.428. The Balaban J connectivity index is 1.94. The number of oxazole rings is 1. The van der Waals surface area contributed by atoms with Crippen LogP contribution in [0.4, 0.5) is 5.69 Å². The summed E-state index contributed by atoms with van der Waals surface area (Å²) in [7, 11) is 0. The first kappa shape index (κ1) is 12.3. The van der Waals surface area contributed by atoms with Crippen LogP contribution in [0.5, 0.6) is 0 Å². The molecule has 6 heteroatoms. The van der Waals surface area contributed by atoms with Crippen molar-refractivity contribution >= 4 is 16.8 Å². The van der Waals surface area contributed by atoms with Crippen LogP contribution in [0.1, 0.15) is 0 Å². The normalized spacial score (nSPS) is 11.0. The Labute approximate surface area is 113 Å². The van der Waals surface area contributed by atoms with Crippen molar-refractivity contribution in [3.63, 3.8) is 0 Å². The Morgan fingerprint density at radius 1 is 1.05 bits per heavy atom. The molecule has 6 nitrogen and oxygen atoms in total. The summed E-state index contributed by atoms with van der Waals surface area (Å²) in [6.07, 6.45) is 1.57. The van der Waals surface area contributed by atoms with Crippen molar-refractivity contribution in [3.8, 4) is 0 Å². The summed E-state index contributed by atoms with van der Waals surface area (Å²) in [5, 5.41) is 0. The number of benzene rings is 1. The maximum Gasteiger partial charge on any atom is 0.420 e. The Kier molecular flexibility index (Phi) is 2.90. The second kappa shape index (κ2) is 4.73. The molecular weight excluding hydrogens is 258 g/mol. The molecule has 0 saturated heterocycles. The molecular formula is C14H13N3O3. The van der Waals surface area contributed by atoms with Gasteiger partial charge in [0.1, 0.15) is 0 Å². The van der Waals surface area contributed by atoms with Gasteiger partial charge in [-0.1, -0.05) is 12.1 Å². The highest BCUT2D eigenvalue weighted by Gasteiger charge is 2.08. The van der Waals surface area contributed by atoms with E-state index < -0.39 is 5.76 Å². The highest BCUT2D eigenvalue weighted by atomic mass is 16.4. The van der Waals surface area contributed by atoms with Crippen LogP contribution in [0, 0.1) is 0 Å². The molecule has 3 aromatic rings. The second-order valence-corrected chi connectivity index (χ2v) is 4.48. The Hall–Kier alpha value is -2.76. The smallest absolute Gasteiger partial charge is 0.408 e. The van der Waals surface area contributed by atoms with E-state index in [0.29, 0.717) is 24.4 Å². The first-order valence-electron chi connectivity index (χ1n) is 6.19. The van der Waals surface area contributed by atoms with Crippen molar-refractivity contribution in [1.29, 1.82) is 0 Å². The van der Waals surface area contributed by atoms with Gasteiger partial charge in [-0.15, -0.1) is 0 Å². The fourth-order valence-electron chi connectivity index (χ4n) is 2.16. The van der Waals surface area contributed by atoms with Crippen molar-refractivity contribution in [1.82, 2.24) is 9.13 Å². The van der Waals surface area contributed by atoms with Crippen molar-refractivity contribution < 1.29 is 4.42 Å². The van der Waals surface area contributed by atoms with Gasteiger partial charge >= 0.3 is 5.76 Å². The number of nitrogen functional groups attached to an aromatic ring is 1. The number of fused-ring (bicyclic) bond motifs is 1. The summed E-state index contributed by atoms with van der Waals surface area (Å²) in [5.74, 6) is -0.428. The third-order valence-electron chi connectivity index (χ3n) is 3.14. The molecule has 0 fully saturated rings. The Bertz CT molecular complexity index is 873. The SMILES string of the molecule is Nc1ccc(=O)n(CCn2c(=O)oc3ccccc32)c1. The standard InChI is InChI=1S/C14H13N3O3/c15-10-5-6-13(18)16(9-10)7-8-17-11-3-1-2-4-12(11)20-14(17)19/h1-6,9H,7-8,15H2. The van der Waals surface area contributed by atoms with Crippen molar-refractivity contribution in [2.45, 2.75) is 13.1 Å². The van der Waals surface area contributed by atoms with E-state index in [9.17, 15) is 9.59 Å². The van der Waals surface area contributed by atoms with Gasteiger partial charge in [0.25, 0.3) is 5.56 Å². The molecule has 3 rings (SSSR count). The maximum atomic E-state index is 11.8. The number of hydrogen-bond acceptors (Lipinski definition) is 4. The molecule has 0 aliphatic rings. The van der Waals surface area contributed by atoms with Crippen molar-refractivity contribution in [2.75, 3.05) is 5.73 Å². The maximum absolute atomic E-state index is 11.8. The number of aryl methyl sites for hydroxylation is 2. The van der Waals surface area contributed by atoms with Gasteiger partial charge in [-0.2, -0.15) is 0 Å². The van der Waals surface area contributed by atoms with Gasteiger partial charge in [0.05, 0.1) is 5.52 Å². The van der Waals surface area contributed by atoms with E-state index in [-0.39, 0.29) is 5.56 Å². The van der Waals surface area contributed by atoms with Crippen LogP contribution in [0.3, 0.4) is 0 Å². The number of nitrogens with zero attached hydrogens (tertiary/aromatic N) is 2.